The van der Waals surface area contributed by atoms with E-state index in [1.54, 1.807) is 0 Å². The first kappa shape index (κ1) is 17.6. The van der Waals surface area contributed by atoms with Crippen LogP contribution in [0.3, 0.4) is 0 Å². The van der Waals surface area contributed by atoms with Crippen molar-refractivity contribution in [3.8, 4) is 5.69 Å². The van der Waals surface area contributed by atoms with Crippen LogP contribution in [0.15, 0.2) is 54.6 Å². The van der Waals surface area contributed by atoms with Gasteiger partial charge >= 0.3 is 0 Å². The SMILES string of the molecule is Cc1cccc(-n2nc(C3(c4ccccc4)CC3)nc2CC2CNCCO2)c1. The third-order valence-electron chi connectivity index (χ3n) is 5.84. The van der Waals surface area contributed by atoms with Gasteiger partial charge in [-0.2, -0.15) is 5.10 Å². The molecular weight excluding hydrogens is 348 g/mol. The Morgan fingerprint density at radius 3 is 2.71 bits per heavy atom. The second-order valence-electron chi connectivity index (χ2n) is 7.95. The average molecular weight is 374 g/mol. The van der Waals surface area contributed by atoms with Gasteiger partial charge in [-0.15, -0.1) is 0 Å². The second kappa shape index (κ2) is 7.15. The molecule has 5 nitrogen and oxygen atoms in total. The van der Waals surface area contributed by atoms with E-state index in [4.69, 9.17) is 14.8 Å². The minimum atomic E-state index is -0.0310. The number of aryl methyl sites for hydroxylation is 1. The number of nitrogens with zero attached hydrogens (tertiary/aromatic N) is 3. The summed E-state index contributed by atoms with van der Waals surface area (Å²) in [5.41, 5.74) is 3.58. The molecule has 3 aromatic rings. The zero-order chi connectivity index (χ0) is 19.0. The van der Waals surface area contributed by atoms with E-state index in [9.17, 15) is 0 Å². The Hall–Kier alpha value is -2.50. The van der Waals surface area contributed by atoms with Crippen molar-refractivity contribution in [2.75, 3.05) is 19.7 Å². The molecule has 1 aliphatic heterocycles. The molecule has 5 rings (SSSR count). The molecule has 2 fully saturated rings. The Labute approximate surface area is 165 Å². The summed E-state index contributed by atoms with van der Waals surface area (Å²) >= 11 is 0. The molecule has 0 amide bonds. The van der Waals surface area contributed by atoms with E-state index >= 15 is 0 Å². The van der Waals surface area contributed by atoms with Gasteiger partial charge in [0.2, 0.25) is 0 Å². The number of aromatic nitrogens is 3. The first-order valence-corrected chi connectivity index (χ1v) is 10.2. The van der Waals surface area contributed by atoms with Gasteiger partial charge in [0.05, 0.1) is 23.8 Å². The maximum atomic E-state index is 5.95. The topological polar surface area (TPSA) is 52.0 Å². The third kappa shape index (κ3) is 3.25. The Kier molecular flexibility index (Phi) is 4.49. The first-order valence-electron chi connectivity index (χ1n) is 10.2. The van der Waals surface area contributed by atoms with Crippen LogP contribution in [0, 0.1) is 6.92 Å². The highest BCUT2D eigenvalue weighted by molar-refractivity contribution is 5.41. The highest BCUT2D eigenvalue weighted by Gasteiger charge is 2.49. The van der Waals surface area contributed by atoms with Gasteiger partial charge in [0.1, 0.15) is 5.82 Å². The van der Waals surface area contributed by atoms with Gasteiger partial charge in [-0.25, -0.2) is 9.67 Å². The first-order chi connectivity index (χ1) is 13.7. The predicted octanol–water partition coefficient (Wildman–Crippen LogP) is 3.19. The highest BCUT2D eigenvalue weighted by atomic mass is 16.5. The number of rotatable bonds is 5. The molecule has 2 aromatic carbocycles. The summed E-state index contributed by atoms with van der Waals surface area (Å²) in [6.45, 7) is 4.65. The van der Waals surface area contributed by atoms with Crippen LogP contribution < -0.4 is 5.32 Å². The molecule has 0 bridgehead atoms. The lowest BCUT2D eigenvalue weighted by atomic mass is 9.95. The van der Waals surface area contributed by atoms with Crippen molar-refractivity contribution in [3.63, 3.8) is 0 Å². The smallest absolute Gasteiger partial charge is 0.161 e. The summed E-state index contributed by atoms with van der Waals surface area (Å²) in [7, 11) is 0. The number of nitrogens with one attached hydrogen (secondary N) is 1. The zero-order valence-electron chi connectivity index (χ0n) is 16.3. The summed E-state index contributed by atoms with van der Waals surface area (Å²) in [6, 6.07) is 19.2. The van der Waals surface area contributed by atoms with Crippen molar-refractivity contribution in [2.24, 2.45) is 0 Å². The van der Waals surface area contributed by atoms with E-state index in [1.165, 1.54) is 11.1 Å². The molecule has 1 unspecified atom stereocenters. The number of hydrogen-bond acceptors (Lipinski definition) is 4. The minimum Gasteiger partial charge on any atom is -0.375 e. The molecule has 28 heavy (non-hydrogen) atoms. The van der Waals surface area contributed by atoms with E-state index in [2.05, 4.69) is 66.8 Å². The summed E-state index contributed by atoms with van der Waals surface area (Å²) in [6.07, 6.45) is 3.12. The number of benzene rings is 2. The zero-order valence-corrected chi connectivity index (χ0v) is 16.3. The Morgan fingerprint density at radius 1 is 1.14 bits per heavy atom. The molecule has 1 saturated heterocycles. The van der Waals surface area contributed by atoms with Crippen molar-refractivity contribution in [2.45, 2.75) is 37.7 Å². The van der Waals surface area contributed by atoms with Gasteiger partial charge < -0.3 is 10.1 Å². The monoisotopic (exact) mass is 374 g/mol. The predicted molar refractivity (Wildman–Crippen MR) is 109 cm³/mol. The van der Waals surface area contributed by atoms with Crippen LogP contribution in [0.25, 0.3) is 5.69 Å². The summed E-state index contributed by atoms with van der Waals surface area (Å²) in [5.74, 6) is 1.93. The van der Waals surface area contributed by atoms with Crippen LogP contribution in [0.2, 0.25) is 0 Å². The Morgan fingerprint density at radius 2 is 2.00 bits per heavy atom. The molecule has 1 atom stereocenters. The number of hydrogen-bond donors (Lipinski definition) is 1. The van der Waals surface area contributed by atoms with Crippen LogP contribution in [0.1, 0.15) is 35.6 Å². The van der Waals surface area contributed by atoms with Crippen LogP contribution in [0.5, 0.6) is 0 Å². The summed E-state index contributed by atoms with van der Waals surface area (Å²) in [5, 5.41) is 8.44. The standard InChI is InChI=1S/C23H26N4O/c1-17-6-5-9-19(14-17)27-21(15-20-16-24-12-13-28-20)25-22(26-27)23(10-11-23)18-7-3-2-4-8-18/h2-9,14,20,24H,10-13,15-16H2,1H3. The molecule has 0 spiro atoms. The summed E-state index contributed by atoms with van der Waals surface area (Å²) in [4.78, 5) is 5.06. The molecular formula is C23H26N4O. The maximum absolute atomic E-state index is 5.95. The van der Waals surface area contributed by atoms with E-state index in [-0.39, 0.29) is 11.5 Å². The van der Waals surface area contributed by atoms with Gasteiger partial charge in [-0.1, -0.05) is 42.5 Å². The normalized spacial score (nSPS) is 20.8. The van der Waals surface area contributed by atoms with Crippen molar-refractivity contribution in [1.29, 1.82) is 0 Å². The second-order valence-corrected chi connectivity index (χ2v) is 7.95. The molecule has 2 heterocycles. The molecule has 1 aliphatic carbocycles. The molecule has 0 radical (unpaired) electrons. The van der Waals surface area contributed by atoms with Crippen LogP contribution in [-0.4, -0.2) is 40.6 Å². The van der Waals surface area contributed by atoms with E-state index in [0.717, 1.165) is 56.3 Å². The molecule has 1 aromatic heterocycles. The highest BCUT2D eigenvalue weighted by Crippen LogP contribution is 2.52. The Bertz CT molecular complexity index is 956. The third-order valence-corrected chi connectivity index (χ3v) is 5.84. The average Bonchev–Trinajstić information content (AvgIpc) is 3.44. The molecule has 144 valence electrons. The molecule has 1 N–H and O–H groups in total. The number of morpholine rings is 1. The van der Waals surface area contributed by atoms with Crippen LogP contribution in [-0.2, 0) is 16.6 Å². The fraction of sp³-hybridized carbons (Fsp3) is 0.391. The van der Waals surface area contributed by atoms with Gasteiger partial charge in [0.25, 0.3) is 0 Å². The van der Waals surface area contributed by atoms with Gasteiger partial charge in [-0.3, -0.25) is 0 Å². The lowest BCUT2D eigenvalue weighted by Gasteiger charge is -2.23. The van der Waals surface area contributed by atoms with E-state index in [0.29, 0.717) is 0 Å². The van der Waals surface area contributed by atoms with Gasteiger partial charge in [0, 0.05) is 19.5 Å². The maximum Gasteiger partial charge on any atom is 0.161 e. The Balaban J connectivity index is 1.55. The van der Waals surface area contributed by atoms with Gasteiger partial charge in [-0.05, 0) is 43.0 Å². The fourth-order valence-corrected chi connectivity index (χ4v) is 4.12. The molecule has 5 heteroatoms. The van der Waals surface area contributed by atoms with Crippen molar-refractivity contribution in [3.05, 3.63) is 77.4 Å². The fourth-order valence-electron chi connectivity index (χ4n) is 4.12. The molecule has 2 aliphatic rings. The van der Waals surface area contributed by atoms with E-state index < -0.39 is 0 Å². The molecule has 1 saturated carbocycles. The lowest BCUT2D eigenvalue weighted by Crippen LogP contribution is -2.40. The van der Waals surface area contributed by atoms with Crippen LogP contribution in [0.4, 0.5) is 0 Å². The largest absolute Gasteiger partial charge is 0.375 e. The summed E-state index contributed by atoms with van der Waals surface area (Å²) < 4.78 is 7.98. The van der Waals surface area contributed by atoms with Crippen LogP contribution >= 0.6 is 0 Å². The lowest BCUT2D eigenvalue weighted by molar-refractivity contribution is 0.0277. The van der Waals surface area contributed by atoms with Crippen molar-refractivity contribution < 1.29 is 4.74 Å². The van der Waals surface area contributed by atoms with Crippen molar-refractivity contribution >= 4 is 0 Å². The number of ether oxygens (including phenoxy) is 1. The van der Waals surface area contributed by atoms with E-state index in [1.807, 2.05) is 4.68 Å². The quantitative estimate of drug-likeness (QED) is 0.745. The van der Waals surface area contributed by atoms with Crippen molar-refractivity contribution in [1.82, 2.24) is 20.1 Å². The minimum absolute atomic E-state index is 0.0310. The van der Waals surface area contributed by atoms with Gasteiger partial charge in [0.15, 0.2) is 5.82 Å².